The molecule has 0 saturated carbocycles. The summed E-state index contributed by atoms with van der Waals surface area (Å²) >= 11 is 0. The van der Waals surface area contributed by atoms with Crippen molar-refractivity contribution in [3.8, 4) is 17.2 Å². The largest absolute Gasteiger partial charge is 0.497 e. The van der Waals surface area contributed by atoms with Gasteiger partial charge in [0.2, 0.25) is 5.91 Å². The molecule has 0 radical (unpaired) electrons. The molecule has 1 aliphatic heterocycles. The van der Waals surface area contributed by atoms with Crippen LogP contribution in [-0.2, 0) is 4.79 Å². The highest BCUT2D eigenvalue weighted by Crippen LogP contribution is 2.30. The van der Waals surface area contributed by atoms with Gasteiger partial charge < -0.3 is 24.4 Å². The number of pyridine rings is 1. The van der Waals surface area contributed by atoms with Crippen molar-refractivity contribution in [2.45, 2.75) is 18.6 Å². The normalized spacial score (nSPS) is 18.5. The van der Waals surface area contributed by atoms with Gasteiger partial charge in [-0.3, -0.25) is 14.6 Å². The van der Waals surface area contributed by atoms with Gasteiger partial charge in [-0.05, 0) is 24.3 Å². The molecule has 2 heterocycles. The number of ether oxygens (including phenoxy) is 3. The van der Waals surface area contributed by atoms with E-state index in [4.69, 9.17) is 14.2 Å². The van der Waals surface area contributed by atoms with E-state index in [1.54, 1.807) is 56.9 Å². The number of likely N-dealkylation sites (tertiary alicyclic amines) is 1. The molecular weight excluding hydrogens is 362 g/mol. The highest BCUT2D eigenvalue weighted by molar-refractivity contribution is 6.00. The summed E-state index contributed by atoms with van der Waals surface area (Å²) in [5.41, 5.74) is 0.360. The van der Waals surface area contributed by atoms with Crippen molar-refractivity contribution in [3.05, 3.63) is 48.3 Å². The van der Waals surface area contributed by atoms with Crippen molar-refractivity contribution in [2.24, 2.45) is 0 Å². The maximum Gasteiger partial charge on any atom is 0.258 e. The van der Waals surface area contributed by atoms with Crippen molar-refractivity contribution in [1.29, 1.82) is 0 Å². The zero-order chi connectivity index (χ0) is 20.1. The molecule has 2 unspecified atom stereocenters. The molecule has 148 valence electrons. The Morgan fingerprint density at radius 1 is 1.18 bits per heavy atom. The number of benzene rings is 1. The van der Waals surface area contributed by atoms with Gasteiger partial charge in [0.15, 0.2) is 0 Å². The average Bonchev–Trinajstić information content (AvgIpc) is 3.16. The minimum Gasteiger partial charge on any atom is -0.497 e. The summed E-state index contributed by atoms with van der Waals surface area (Å²) in [5, 5.41) is 2.62. The predicted molar refractivity (Wildman–Crippen MR) is 102 cm³/mol. The molecule has 3 rings (SSSR count). The van der Waals surface area contributed by atoms with Crippen LogP contribution >= 0.6 is 0 Å². The summed E-state index contributed by atoms with van der Waals surface area (Å²) in [4.78, 5) is 31.1. The lowest BCUT2D eigenvalue weighted by atomic mass is 10.1. The fraction of sp³-hybridized carbons (Fsp3) is 0.350. The molecule has 1 aromatic carbocycles. The Kier molecular flexibility index (Phi) is 5.98. The van der Waals surface area contributed by atoms with Crippen LogP contribution in [-0.4, -0.2) is 61.7 Å². The average molecular weight is 385 g/mol. The van der Waals surface area contributed by atoms with Crippen LogP contribution in [0.5, 0.6) is 17.2 Å². The molecule has 0 aliphatic carbocycles. The third-order valence-corrected chi connectivity index (χ3v) is 4.65. The van der Waals surface area contributed by atoms with Crippen molar-refractivity contribution in [2.75, 3.05) is 27.8 Å². The number of hydrogen-bond donors (Lipinski definition) is 1. The Balaban J connectivity index is 1.85. The Labute approximate surface area is 163 Å². The maximum atomic E-state index is 13.2. The molecule has 8 nitrogen and oxygen atoms in total. The fourth-order valence-electron chi connectivity index (χ4n) is 3.26. The van der Waals surface area contributed by atoms with E-state index in [1.165, 1.54) is 12.0 Å². The van der Waals surface area contributed by atoms with E-state index in [0.717, 1.165) is 0 Å². The number of rotatable bonds is 6. The Morgan fingerprint density at radius 2 is 2.00 bits per heavy atom. The monoisotopic (exact) mass is 385 g/mol. The third kappa shape index (κ3) is 4.00. The van der Waals surface area contributed by atoms with Crippen LogP contribution in [0.1, 0.15) is 16.8 Å². The topological polar surface area (TPSA) is 90.0 Å². The highest BCUT2D eigenvalue weighted by atomic mass is 16.5. The number of nitrogens with zero attached hydrogens (tertiary/aromatic N) is 2. The molecule has 2 atom stereocenters. The summed E-state index contributed by atoms with van der Waals surface area (Å²) in [6.07, 6.45) is 3.32. The second-order valence-corrected chi connectivity index (χ2v) is 6.32. The molecule has 2 amide bonds. The smallest absolute Gasteiger partial charge is 0.258 e. The Bertz CT molecular complexity index is 843. The number of carbonyl (C=O) groups is 2. The summed E-state index contributed by atoms with van der Waals surface area (Å²) < 4.78 is 16.4. The number of methoxy groups -OCH3 is 2. The van der Waals surface area contributed by atoms with Crippen LogP contribution in [0.3, 0.4) is 0 Å². The minimum absolute atomic E-state index is 0.238. The molecule has 8 heteroatoms. The molecule has 0 bridgehead atoms. The molecule has 2 aromatic rings. The van der Waals surface area contributed by atoms with E-state index in [2.05, 4.69) is 10.3 Å². The lowest BCUT2D eigenvalue weighted by molar-refractivity contribution is -0.124. The molecular formula is C20H23N3O5. The quantitative estimate of drug-likeness (QED) is 0.811. The van der Waals surface area contributed by atoms with Gasteiger partial charge >= 0.3 is 0 Å². The molecule has 1 N–H and O–H groups in total. The first kappa shape index (κ1) is 19.5. The lowest BCUT2D eigenvalue weighted by Gasteiger charge is -2.24. The van der Waals surface area contributed by atoms with Crippen LogP contribution in [0.15, 0.2) is 42.7 Å². The van der Waals surface area contributed by atoms with Gasteiger partial charge in [0.05, 0.1) is 32.5 Å². The van der Waals surface area contributed by atoms with Crippen LogP contribution in [0.25, 0.3) is 0 Å². The van der Waals surface area contributed by atoms with Gasteiger partial charge in [-0.25, -0.2) is 0 Å². The summed E-state index contributed by atoms with van der Waals surface area (Å²) in [5.74, 6) is 1.02. The minimum atomic E-state index is -0.633. The number of amides is 2. The summed E-state index contributed by atoms with van der Waals surface area (Å²) in [6, 6.07) is 7.89. The van der Waals surface area contributed by atoms with Crippen molar-refractivity contribution in [3.63, 3.8) is 0 Å². The summed E-state index contributed by atoms with van der Waals surface area (Å²) in [7, 11) is 4.58. The van der Waals surface area contributed by atoms with Gasteiger partial charge in [-0.15, -0.1) is 0 Å². The first-order valence-electron chi connectivity index (χ1n) is 8.88. The van der Waals surface area contributed by atoms with Crippen molar-refractivity contribution >= 4 is 11.8 Å². The van der Waals surface area contributed by atoms with Gasteiger partial charge in [0.1, 0.15) is 29.4 Å². The van der Waals surface area contributed by atoms with Crippen LogP contribution in [0, 0.1) is 0 Å². The van der Waals surface area contributed by atoms with Crippen molar-refractivity contribution in [1.82, 2.24) is 15.2 Å². The van der Waals surface area contributed by atoms with Gasteiger partial charge in [-0.2, -0.15) is 0 Å². The number of aromatic nitrogens is 1. The molecule has 1 aliphatic rings. The van der Waals surface area contributed by atoms with Gasteiger partial charge in [-0.1, -0.05) is 0 Å². The standard InChI is InChI=1S/C20H23N3O5/c1-21-19(24)17-9-15(28-14-5-4-8-22-11-14)12-23(17)20(25)16-7-6-13(26-2)10-18(16)27-3/h4-8,10-11,15,17H,9,12H2,1-3H3,(H,21,24). The molecule has 1 saturated heterocycles. The zero-order valence-corrected chi connectivity index (χ0v) is 16.0. The number of likely N-dealkylation sites (N-methyl/N-ethyl adjacent to an activating group) is 1. The summed E-state index contributed by atoms with van der Waals surface area (Å²) in [6.45, 7) is 0.279. The SMILES string of the molecule is CNC(=O)C1CC(Oc2cccnc2)CN1C(=O)c1ccc(OC)cc1OC. The predicted octanol–water partition coefficient (Wildman–Crippen LogP) is 1.51. The molecule has 28 heavy (non-hydrogen) atoms. The van der Waals surface area contributed by atoms with Crippen LogP contribution in [0.2, 0.25) is 0 Å². The van der Waals surface area contributed by atoms with Gasteiger partial charge in [0.25, 0.3) is 5.91 Å². The van der Waals surface area contributed by atoms with Gasteiger partial charge in [0, 0.05) is 25.7 Å². The lowest BCUT2D eigenvalue weighted by Crippen LogP contribution is -2.45. The number of nitrogens with one attached hydrogen (secondary N) is 1. The van der Waals surface area contributed by atoms with Crippen molar-refractivity contribution < 1.29 is 23.8 Å². The van der Waals surface area contributed by atoms with E-state index < -0.39 is 6.04 Å². The van der Waals surface area contributed by atoms with E-state index in [1.807, 2.05) is 0 Å². The highest BCUT2D eigenvalue weighted by Gasteiger charge is 2.41. The molecule has 1 aromatic heterocycles. The Hall–Kier alpha value is -3.29. The van der Waals surface area contributed by atoms with E-state index in [9.17, 15) is 9.59 Å². The molecule has 1 fully saturated rings. The van der Waals surface area contributed by atoms with E-state index >= 15 is 0 Å². The van der Waals surface area contributed by atoms with Crippen LogP contribution in [0.4, 0.5) is 0 Å². The number of hydrogen-bond acceptors (Lipinski definition) is 6. The van der Waals surface area contributed by atoms with E-state index in [-0.39, 0.29) is 24.5 Å². The first-order chi connectivity index (χ1) is 13.6. The Morgan fingerprint density at radius 3 is 2.64 bits per heavy atom. The third-order valence-electron chi connectivity index (χ3n) is 4.65. The van der Waals surface area contributed by atoms with E-state index in [0.29, 0.717) is 29.2 Å². The molecule has 0 spiro atoms. The zero-order valence-electron chi connectivity index (χ0n) is 16.0. The second-order valence-electron chi connectivity index (χ2n) is 6.32. The first-order valence-corrected chi connectivity index (χ1v) is 8.88. The second kappa shape index (κ2) is 8.60. The maximum absolute atomic E-state index is 13.2. The number of carbonyl (C=O) groups excluding carboxylic acids is 2. The fourth-order valence-corrected chi connectivity index (χ4v) is 3.26. The van der Waals surface area contributed by atoms with Crippen LogP contribution < -0.4 is 19.5 Å².